The Balaban J connectivity index is 1.85. The molecule has 2 N–H and O–H groups in total. The molecule has 0 radical (unpaired) electrons. The average molecular weight is 218 g/mol. The van der Waals surface area contributed by atoms with Crippen LogP contribution < -0.4 is 10.6 Å². The molecule has 84 valence electrons. The van der Waals surface area contributed by atoms with Crippen LogP contribution in [0.4, 0.5) is 11.8 Å². The number of nitrogens with zero attached hydrogens (tertiary/aromatic N) is 4. The summed E-state index contributed by atoms with van der Waals surface area (Å²) in [7, 11) is 1.79. The maximum absolute atomic E-state index is 4.25. The van der Waals surface area contributed by atoms with Gasteiger partial charge in [-0.3, -0.25) is 4.68 Å². The Morgan fingerprint density at radius 2 is 2.31 bits per heavy atom. The zero-order valence-corrected chi connectivity index (χ0v) is 9.09. The van der Waals surface area contributed by atoms with E-state index in [4.69, 9.17) is 0 Å². The van der Waals surface area contributed by atoms with Crippen molar-refractivity contribution in [3.05, 3.63) is 30.7 Å². The molecule has 2 rings (SSSR count). The lowest BCUT2D eigenvalue weighted by Crippen LogP contribution is -2.12. The van der Waals surface area contributed by atoms with Crippen LogP contribution in [0.25, 0.3) is 0 Å². The Labute approximate surface area is 93.7 Å². The van der Waals surface area contributed by atoms with Crippen molar-refractivity contribution in [1.29, 1.82) is 0 Å². The van der Waals surface area contributed by atoms with E-state index in [1.165, 1.54) is 0 Å². The Kier molecular flexibility index (Phi) is 3.32. The van der Waals surface area contributed by atoms with E-state index in [2.05, 4.69) is 25.7 Å². The number of hydrogen-bond donors (Lipinski definition) is 2. The molecular weight excluding hydrogens is 204 g/mol. The molecule has 0 saturated carbocycles. The van der Waals surface area contributed by atoms with Gasteiger partial charge in [-0.15, -0.1) is 0 Å². The highest BCUT2D eigenvalue weighted by molar-refractivity contribution is 5.38. The van der Waals surface area contributed by atoms with E-state index in [0.717, 1.165) is 18.9 Å². The van der Waals surface area contributed by atoms with Gasteiger partial charge in [0.15, 0.2) is 0 Å². The first-order valence-electron chi connectivity index (χ1n) is 5.10. The number of rotatable bonds is 5. The third kappa shape index (κ3) is 2.69. The zero-order chi connectivity index (χ0) is 11.2. The summed E-state index contributed by atoms with van der Waals surface area (Å²) in [5, 5.41) is 10.2. The molecule has 0 bridgehead atoms. The van der Waals surface area contributed by atoms with Crippen LogP contribution in [0.5, 0.6) is 0 Å². The summed E-state index contributed by atoms with van der Waals surface area (Å²) < 4.78 is 1.87. The molecule has 2 aromatic rings. The van der Waals surface area contributed by atoms with Crippen LogP contribution in [0.2, 0.25) is 0 Å². The van der Waals surface area contributed by atoms with Crippen molar-refractivity contribution in [2.24, 2.45) is 0 Å². The third-order valence-corrected chi connectivity index (χ3v) is 2.09. The van der Waals surface area contributed by atoms with E-state index in [-0.39, 0.29) is 0 Å². The molecule has 0 unspecified atom stereocenters. The molecule has 2 aromatic heterocycles. The number of hydrogen-bond acceptors (Lipinski definition) is 5. The SMILES string of the molecule is CNc1nccc(NCCn2cccn2)n1. The van der Waals surface area contributed by atoms with E-state index in [0.29, 0.717) is 5.95 Å². The molecule has 16 heavy (non-hydrogen) atoms. The highest BCUT2D eigenvalue weighted by atomic mass is 15.3. The molecule has 0 aliphatic rings. The largest absolute Gasteiger partial charge is 0.368 e. The fraction of sp³-hybridized carbons (Fsp3) is 0.300. The van der Waals surface area contributed by atoms with Crippen molar-refractivity contribution in [3.63, 3.8) is 0 Å². The first kappa shape index (κ1) is 10.4. The van der Waals surface area contributed by atoms with Crippen molar-refractivity contribution < 1.29 is 0 Å². The molecular formula is C10H14N6. The normalized spacial score (nSPS) is 10.1. The summed E-state index contributed by atoms with van der Waals surface area (Å²) in [6.07, 6.45) is 5.42. The van der Waals surface area contributed by atoms with Crippen molar-refractivity contribution in [2.75, 3.05) is 24.2 Å². The molecule has 6 nitrogen and oxygen atoms in total. The van der Waals surface area contributed by atoms with Gasteiger partial charge < -0.3 is 10.6 Å². The van der Waals surface area contributed by atoms with Gasteiger partial charge in [-0.25, -0.2) is 4.98 Å². The first-order chi connectivity index (χ1) is 7.88. The molecule has 0 saturated heterocycles. The topological polar surface area (TPSA) is 67.7 Å². The van der Waals surface area contributed by atoms with Gasteiger partial charge in [-0.2, -0.15) is 10.1 Å². The van der Waals surface area contributed by atoms with Gasteiger partial charge in [0.05, 0.1) is 6.54 Å². The first-order valence-corrected chi connectivity index (χ1v) is 5.10. The minimum absolute atomic E-state index is 0.615. The summed E-state index contributed by atoms with van der Waals surface area (Å²) in [5.41, 5.74) is 0. The van der Waals surface area contributed by atoms with E-state index in [1.807, 2.05) is 23.0 Å². The lowest BCUT2D eigenvalue weighted by atomic mass is 10.5. The molecule has 0 amide bonds. The van der Waals surface area contributed by atoms with Gasteiger partial charge in [-0.1, -0.05) is 0 Å². The van der Waals surface area contributed by atoms with E-state index >= 15 is 0 Å². The van der Waals surface area contributed by atoms with Crippen molar-refractivity contribution in [1.82, 2.24) is 19.7 Å². The van der Waals surface area contributed by atoms with E-state index in [1.54, 1.807) is 19.4 Å². The highest BCUT2D eigenvalue weighted by Crippen LogP contribution is 2.04. The maximum Gasteiger partial charge on any atom is 0.224 e. The minimum Gasteiger partial charge on any atom is -0.368 e. The smallest absolute Gasteiger partial charge is 0.224 e. The van der Waals surface area contributed by atoms with Crippen LogP contribution in [-0.4, -0.2) is 33.3 Å². The van der Waals surface area contributed by atoms with E-state index in [9.17, 15) is 0 Å². The summed E-state index contributed by atoms with van der Waals surface area (Å²) in [6, 6.07) is 3.74. The molecule has 0 aliphatic heterocycles. The third-order valence-electron chi connectivity index (χ3n) is 2.09. The molecule has 2 heterocycles. The summed E-state index contributed by atoms with van der Waals surface area (Å²) in [6.45, 7) is 1.59. The lowest BCUT2D eigenvalue weighted by Gasteiger charge is -2.06. The quantitative estimate of drug-likeness (QED) is 0.778. The second kappa shape index (κ2) is 5.11. The van der Waals surface area contributed by atoms with Crippen LogP contribution in [0.1, 0.15) is 0 Å². The van der Waals surface area contributed by atoms with Crippen LogP contribution >= 0.6 is 0 Å². The van der Waals surface area contributed by atoms with Gasteiger partial charge in [0.1, 0.15) is 5.82 Å². The highest BCUT2D eigenvalue weighted by Gasteiger charge is 1.96. The Morgan fingerprint density at radius 3 is 3.06 bits per heavy atom. The van der Waals surface area contributed by atoms with E-state index < -0.39 is 0 Å². The zero-order valence-electron chi connectivity index (χ0n) is 9.09. The van der Waals surface area contributed by atoms with Crippen molar-refractivity contribution in [3.8, 4) is 0 Å². The molecule has 0 spiro atoms. The van der Waals surface area contributed by atoms with Gasteiger partial charge in [-0.05, 0) is 12.1 Å². The second-order valence-corrected chi connectivity index (χ2v) is 3.21. The van der Waals surface area contributed by atoms with Crippen LogP contribution in [-0.2, 0) is 6.54 Å². The van der Waals surface area contributed by atoms with Gasteiger partial charge in [0.25, 0.3) is 0 Å². The average Bonchev–Trinajstić information content (AvgIpc) is 2.82. The monoisotopic (exact) mass is 218 g/mol. The summed E-state index contributed by atoms with van der Waals surface area (Å²) in [5.74, 6) is 1.43. The molecule has 0 atom stereocenters. The van der Waals surface area contributed by atoms with Gasteiger partial charge >= 0.3 is 0 Å². The molecule has 0 aliphatic carbocycles. The Morgan fingerprint density at radius 1 is 1.38 bits per heavy atom. The minimum atomic E-state index is 0.615. The van der Waals surface area contributed by atoms with Gasteiger partial charge in [0.2, 0.25) is 5.95 Å². The molecule has 0 fully saturated rings. The number of aromatic nitrogens is 4. The standard InChI is InChI=1S/C10H14N6/c1-11-10-13-5-3-9(15-10)12-6-8-16-7-2-4-14-16/h2-5,7H,6,8H2,1H3,(H2,11,12,13,15). The van der Waals surface area contributed by atoms with Crippen LogP contribution in [0.3, 0.4) is 0 Å². The van der Waals surface area contributed by atoms with Crippen LogP contribution in [0, 0.1) is 0 Å². The van der Waals surface area contributed by atoms with Gasteiger partial charge in [0, 0.05) is 32.2 Å². The predicted octanol–water partition coefficient (Wildman–Crippen LogP) is 0.827. The van der Waals surface area contributed by atoms with Crippen molar-refractivity contribution >= 4 is 11.8 Å². The predicted molar refractivity (Wildman–Crippen MR) is 62.3 cm³/mol. The lowest BCUT2D eigenvalue weighted by molar-refractivity contribution is 0.637. The molecule has 6 heteroatoms. The van der Waals surface area contributed by atoms with Crippen LogP contribution in [0.15, 0.2) is 30.7 Å². The maximum atomic E-state index is 4.25. The van der Waals surface area contributed by atoms with Crippen molar-refractivity contribution in [2.45, 2.75) is 6.54 Å². The Bertz CT molecular complexity index is 425. The Hall–Kier alpha value is -2.11. The summed E-state index contributed by atoms with van der Waals surface area (Å²) in [4.78, 5) is 8.28. The summed E-state index contributed by atoms with van der Waals surface area (Å²) >= 11 is 0. The fourth-order valence-electron chi connectivity index (χ4n) is 1.31. The number of anilines is 2. The number of nitrogens with one attached hydrogen (secondary N) is 2. The molecule has 0 aromatic carbocycles. The second-order valence-electron chi connectivity index (χ2n) is 3.21. The fourth-order valence-corrected chi connectivity index (χ4v) is 1.31.